The van der Waals surface area contributed by atoms with Crippen LogP contribution in [0.2, 0.25) is 0 Å². The van der Waals surface area contributed by atoms with E-state index in [1.165, 1.54) is 0 Å². The van der Waals surface area contributed by atoms with Crippen LogP contribution in [-0.2, 0) is 9.59 Å². The zero-order valence-electron chi connectivity index (χ0n) is 10.8. The first-order chi connectivity index (χ1) is 7.20. The monoisotopic (exact) mass is 231 g/mol. The molecule has 16 heavy (non-hydrogen) atoms. The molecule has 0 spiro atoms. The van der Waals surface area contributed by atoms with Gasteiger partial charge in [-0.2, -0.15) is 0 Å². The van der Waals surface area contributed by atoms with Crippen LogP contribution in [0.15, 0.2) is 0 Å². The number of nitrogens with one attached hydrogen (secondary N) is 1. The number of rotatable bonds is 6. The number of hydrogen-bond donors (Lipinski definition) is 2. The van der Waals surface area contributed by atoms with Crippen molar-refractivity contribution in [2.45, 2.75) is 32.7 Å². The van der Waals surface area contributed by atoms with Gasteiger partial charge in [-0.1, -0.05) is 13.8 Å². The van der Waals surface area contributed by atoms with Crippen molar-refractivity contribution in [3.05, 3.63) is 0 Å². The van der Waals surface area contributed by atoms with Crippen molar-refractivity contribution in [2.75, 3.05) is 21.1 Å². The molecular formula is C11H23N2O3+. The number of hydroxylamine groups is 1. The first-order valence-electron chi connectivity index (χ1n) is 5.48. The molecule has 0 bridgehead atoms. The number of amides is 1. The van der Waals surface area contributed by atoms with Crippen molar-refractivity contribution in [1.82, 2.24) is 5.48 Å². The molecule has 0 heterocycles. The Labute approximate surface area is 97.0 Å². The Bertz CT molecular complexity index is 256. The molecule has 1 atom stereocenters. The number of carbonyl (C=O) groups is 2. The number of nitrogens with zero attached hydrogens (tertiary/aromatic N) is 1. The summed E-state index contributed by atoms with van der Waals surface area (Å²) < 4.78 is 0.496. The lowest BCUT2D eigenvalue weighted by Gasteiger charge is -2.34. The number of hydrogen-bond acceptors (Lipinski definition) is 3. The molecule has 5 nitrogen and oxygen atoms in total. The van der Waals surface area contributed by atoms with Gasteiger partial charge in [-0.05, 0) is 0 Å². The molecule has 1 unspecified atom stereocenters. The third kappa shape index (κ3) is 4.72. The van der Waals surface area contributed by atoms with Crippen molar-refractivity contribution >= 4 is 11.7 Å². The molecule has 0 fully saturated rings. The van der Waals surface area contributed by atoms with Crippen LogP contribution in [0.3, 0.4) is 0 Å². The van der Waals surface area contributed by atoms with Gasteiger partial charge in [0.15, 0.2) is 5.78 Å². The highest BCUT2D eigenvalue weighted by molar-refractivity contribution is 5.85. The highest BCUT2D eigenvalue weighted by Crippen LogP contribution is 2.15. The van der Waals surface area contributed by atoms with E-state index in [-0.39, 0.29) is 24.2 Å². The predicted molar refractivity (Wildman–Crippen MR) is 60.8 cm³/mol. The topological polar surface area (TPSA) is 66.4 Å². The molecule has 0 aromatic rings. The molecule has 0 radical (unpaired) electrons. The highest BCUT2D eigenvalue weighted by Gasteiger charge is 2.32. The summed E-state index contributed by atoms with van der Waals surface area (Å²) in [4.78, 5) is 22.9. The van der Waals surface area contributed by atoms with Gasteiger partial charge >= 0.3 is 0 Å². The van der Waals surface area contributed by atoms with Gasteiger partial charge in [0.2, 0.25) is 5.91 Å². The molecule has 0 aromatic carbocycles. The molecule has 0 aliphatic rings. The van der Waals surface area contributed by atoms with Crippen LogP contribution < -0.4 is 5.48 Å². The Morgan fingerprint density at radius 3 is 2.06 bits per heavy atom. The number of Topliss-reactive ketones (excluding diaryl/α,β-unsaturated/α-hetero) is 1. The average Bonchev–Trinajstić information content (AvgIpc) is 2.15. The molecule has 0 saturated carbocycles. The maximum absolute atomic E-state index is 12.0. The summed E-state index contributed by atoms with van der Waals surface area (Å²) in [5.41, 5.74) is 1.58. The van der Waals surface area contributed by atoms with Crippen LogP contribution in [-0.4, -0.2) is 48.6 Å². The minimum absolute atomic E-state index is 0.0421. The third-order valence-electron chi connectivity index (χ3n) is 2.60. The minimum Gasteiger partial charge on any atom is -0.322 e. The second kappa shape index (κ2) is 5.96. The third-order valence-corrected chi connectivity index (χ3v) is 2.60. The predicted octanol–water partition coefficient (Wildman–Crippen LogP) is 0.572. The standard InChI is InChI=1S/C11H22N2O3/c1-8(2)11(15)9(13(3,4)5)6-7-10(14)12-16/h8-9H,6-7H2,1-5H3,(H-,12,14,16)/p+1. The quantitative estimate of drug-likeness (QED) is 0.399. The van der Waals surface area contributed by atoms with Crippen LogP contribution in [0, 0.1) is 5.92 Å². The fourth-order valence-electron chi connectivity index (χ4n) is 1.62. The van der Waals surface area contributed by atoms with Gasteiger partial charge in [-0.3, -0.25) is 14.8 Å². The van der Waals surface area contributed by atoms with E-state index in [1.54, 1.807) is 5.48 Å². The zero-order chi connectivity index (χ0) is 12.9. The second-order valence-corrected chi connectivity index (χ2v) is 5.26. The SMILES string of the molecule is CC(C)C(=O)C(CCC(=O)NO)[N+](C)(C)C. The summed E-state index contributed by atoms with van der Waals surface area (Å²) in [6.45, 7) is 3.72. The summed E-state index contributed by atoms with van der Waals surface area (Å²) in [7, 11) is 5.80. The maximum atomic E-state index is 12.0. The molecule has 94 valence electrons. The van der Waals surface area contributed by atoms with E-state index in [0.717, 1.165) is 0 Å². The van der Waals surface area contributed by atoms with Crippen LogP contribution in [0.5, 0.6) is 0 Å². The molecule has 2 N–H and O–H groups in total. The van der Waals surface area contributed by atoms with E-state index in [9.17, 15) is 9.59 Å². The normalized spacial score (nSPS) is 13.7. The lowest BCUT2D eigenvalue weighted by Crippen LogP contribution is -2.51. The summed E-state index contributed by atoms with van der Waals surface area (Å²) in [5.74, 6) is -0.340. The van der Waals surface area contributed by atoms with Crippen LogP contribution >= 0.6 is 0 Å². The Hall–Kier alpha value is -0.940. The summed E-state index contributed by atoms with van der Waals surface area (Å²) in [6.07, 6.45) is 0.613. The van der Waals surface area contributed by atoms with E-state index in [0.29, 0.717) is 10.9 Å². The van der Waals surface area contributed by atoms with E-state index < -0.39 is 5.91 Å². The number of likely N-dealkylation sites (N-methyl/N-ethyl adjacent to an activating group) is 1. The molecule has 5 heteroatoms. The molecule has 0 aromatic heterocycles. The summed E-state index contributed by atoms with van der Waals surface area (Å²) in [6, 6.07) is -0.211. The fraction of sp³-hybridized carbons (Fsp3) is 0.818. The van der Waals surface area contributed by atoms with Gasteiger partial charge in [0, 0.05) is 18.8 Å². The summed E-state index contributed by atoms with van der Waals surface area (Å²) in [5, 5.41) is 8.41. The maximum Gasteiger partial charge on any atom is 0.243 e. The molecular weight excluding hydrogens is 208 g/mol. The first kappa shape index (κ1) is 15.1. The molecule has 0 aliphatic carbocycles. The smallest absolute Gasteiger partial charge is 0.243 e. The molecule has 1 amide bonds. The van der Waals surface area contributed by atoms with Crippen molar-refractivity contribution < 1.29 is 19.3 Å². The zero-order valence-corrected chi connectivity index (χ0v) is 10.8. The van der Waals surface area contributed by atoms with Gasteiger partial charge in [0.25, 0.3) is 0 Å². The summed E-state index contributed by atoms with van der Waals surface area (Å²) >= 11 is 0. The Kier molecular flexibility index (Phi) is 5.61. The fourth-order valence-corrected chi connectivity index (χ4v) is 1.62. The van der Waals surface area contributed by atoms with Gasteiger partial charge in [-0.15, -0.1) is 0 Å². The average molecular weight is 231 g/mol. The molecule has 0 aliphatic heterocycles. The van der Waals surface area contributed by atoms with Crippen LogP contribution in [0.4, 0.5) is 0 Å². The van der Waals surface area contributed by atoms with E-state index in [4.69, 9.17) is 5.21 Å². The van der Waals surface area contributed by atoms with Gasteiger partial charge in [0.05, 0.1) is 21.1 Å². The lowest BCUT2D eigenvalue weighted by atomic mass is 9.95. The van der Waals surface area contributed by atoms with E-state index >= 15 is 0 Å². The Morgan fingerprint density at radius 2 is 1.75 bits per heavy atom. The number of quaternary nitrogens is 1. The van der Waals surface area contributed by atoms with Crippen LogP contribution in [0.25, 0.3) is 0 Å². The Balaban J connectivity index is 4.58. The Morgan fingerprint density at radius 1 is 1.25 bits per heavy atom. The van der Waals surface area contributed by atoms with E-state index in [2.05, 4.69) is 0 Å². The number of carbonyl (C=O) groups excluding carboxylic acids is 2. The number of ketones is 1. The highest BCUT2D eigenvalue weighted by atomic mass is 16.5. The van der Waals surface area contributed by atoms with Crippen molar-refractivity contribution in [3.8, 4) is 0 Å². The van der Waals surface area contributed by atoms with Gasteiger partial charge in [-0.25, -0.2) is 5.48 Å². The van der Waals surface area contributed by atoms with Crippen molar-refractivity contribution in [2.24, 2.45) is 5.92 Å². The molecule has 0 saturated heterocycles. The van der Waals surface area contributed by atoms with E-state index in [1.807, 2.05) is 35.0 Å². The van der Waals surface area contributed by atoms with Gasteiger partial charge < -0.3 is 4.48 Å². The molecule has 0 rings (SSSR count). The first-order valence-corrected chi connectivity index (χ1v) is 5.48. The largest absolute Gasteiger partial charge is 0.322 e. The van der Waals surface area contributed by atoms with Crippen molar-refractivity contribution in [3.63, 3.8) is 0 Å². The van der Waals surface area contributed by atoms with Crippen LogP contribution in [0.1, 0.15) is 26.7 Å². The van der Waals surface area contributed by atoms with Crippen molar-refractivity contribution in [1.29, 1.82) is 0 Å². The second-order valence-electron chi connectivity index (χ2n) is 5.26. The minimum atomic E-state index is -0.449. The van der Waals surface area contributed by atoms with Gasteiger partial charge in [0.1, 0.15) is 6.04 Å². The lowest BCUT2D eigenvalue weighted by molar-refractivity contribution is -0.886.